The molecule has 0 heterocycles. The van der Waals surface area contributed by atoms with Gasteiger partial charge < -0.3 is 20.9 Å². The average molecular weight is 218 g/mol. The number of hydrogen-bond acceptors (Lipinski definition) is 4. The molecule has 0 aromatic heterocycles. The number of carbonyl (C=O) groups excluding carboxylic acids is 1. The zero-order valence-corrected chi connectivity index (χ0v) is 9.53. The number of aliphatic hydroxyl groups is 1. The molecule has 0 aliphatic heterocycles. The van der Waals surface area contributed by atoms with Gasteiger partial charge in [-0.2, -0.15) is 0 Å². The number of rotatable bonds is 8. The molecule has 5 nitrogen and oxygen atoms in total. The van der Waals surface area contributed by atoms with Crippen LogP contribution >= 0.6 is 0 Å². The molecule has 0 aliphatic carbocycles. The van der Waals surface area contributed by atoms with Crippen LogP contribution in [0.1, 0.15) is 26.2 Å². The van der Waals surface area contributed by atoms with Crippen LogP contribution in [-0.2, 0) is 9.53 Å². The van der Waals surface area contributed by atoms with Crippen LogP contribution in [0.2, 0.25) is 0 Å². The molecule has 0 saturated carbocycles. The molecular weight excluding hydrogens is 196 g/mol. The van der Waals surface area contributed by atoms with Crippen molar-refractivity contribution in [1.82, 2.24) is 5.32 Å². The van der Waals surface area contributed by atoms with Gasteiger partial charge in [-0.25, -0.2) is 0 Å². The van der Waals surface area contributed by atoms with E-state index in [0.717, 1.165) is 6.42 Å². The van der Waals surface area contributed by atoms with Gasteiger partial charge in [0.15, 0.2) is 0 Å². The number of amides is 1. The summed E-state index contributed by atoms with van der Waals surface area (Å²) in [6.45, 7) is 2.40. The van der Waals surface area contributed by atoms with E-state index < -0.39 is 6.04 Å². The van der Waals surface area contributed by atoms with Crippen molar-refractivity contribution in [3.05, 3.63) is 0 Å². The van der Waals surface area contributed by atoms with E-state index in [1.807, 2.05) is 6.92 Å². The number of ether oxygens (including phenoxy) is 1. The van der Waals surface area contributed by atoms with Crippen LogP contribution in [0.15, 0.2) is 0 Å². The Balaban J connectivity index is 3.97. The summed E-state index contributed by atoms with van der Waals surface area (Å²) in [5.41, 5.74) is 5.65. The topological polar surface area (TPSA) is 84.6 Å². The lowest BCUT2D eigenvalue weighted by Crippen LogP contribution is -2.47. The summed E-state index contributed by atoms with van der Waals surface area (Å²) in [7, 11) is 1.56. The van der Waals surface area contributed by atoms with Crippen LogP contribution in [-0.4, -0.2) is 43.4 Å². The lowest BCUT2D eigenvalue weighted by molar-refractivity contribution is -0.123. The van der Waals surface area contributed by atoms with Crippen molar-refractivity contribution in [2.24, 2.45) is 5.73 Å². The van der Waals surface area contributed by atoms with Gasteiger partial charge in [-0.1, -0.05) is 13.3 Å². The Morgan fingerprint density at radius 1 is 1.53 bits per heavy atom. The maximum atomic E-state index is 11.5. The van der Waals surface area contributed by atoms with Crippen molar-refractivity contribution in [2.45, 2.75) is 38.3 Å². The molecule has 1 unspecified atom stereocenters. The summed E-state index contributed by atoms with van der Waals surface area (Å²) in [5, 5.41) is 11.5. The van der Waals surface area contributed by atoms with Crippen molar-refractivity contribution >= 4 is 5.91 Å². The number of aliphatic hydroxyl groups excluding tert-OH is 1. The van der Waals surface area contributed by atoms with E-state index >= 15 is 0 Å². The molecule has 0 aromatic carbocycles. The molecule has 0 aromatic rings. The maximum absolute atomic E-state index is 11.5. The zero-order chi connectivity index (χ0) is 11.7. The smallest absolute Gasteiger partial charge is 0.237 e. The van der Waals surface area contributed by atoms with Gasteiger partial charge in [0.25, 0.3) is 0 Å². The van der Waals surface area contributed by atoms with Gasteiger partial charge in [-0.05, 0) is 12.8 Å². The zero-order valence-electron chi connectivity index (χ0n) is 9.53. The highest BCUT2D eigenvalue weighted by atomic mass is 16.5. The van der Waals surface area contributed by atoms with E-state index in [0.29, 0.717) is 19.4 Å². The number of hydrogen-bond donors (Lipinski definition) is 3. The third-order valence-electron chi connectivity index (χ3n) is 2.13. The summed E-state index contributed by atoms with van der Waals surface area (Å²) in [5.74, 6) is -0.174. The Bertz CT molecular complexity index is 170. The summed E-state index contributed by atoms with van der Waals surface area (Å²) < 4.78 is 4.93. The summed E-state index contributed by atoms with van der Waals surface area (Å²) in [6.07, 6.45) is 2.03. The molecule has 1 amide bonds. The predicted octanol–water partition coefficient (Wildman–Crippen LogP) is -0.373. The largest absolute Gasteiger partial charge is 0.396 e. The molecule has 0 rings (SSSR count). The Kier molecular flexibility index (Phi) is 8.27. The first-order chi connectivity index (χ1) is 7.15. The fourth-order valence-corrected chi connectivity index (χ4v) is 1.30. The third-order valence-corrected chi connectivity index (χ3v) is 2.13. The second-order valence-corrected chi connectivity index (χ2v) is 3.57. The van der Waals surface area contributed by atoms with Gasteiger partial charge in [0.2, 0.25) is 5.91 Å². The van der Waals surface area contributed by atoms with Gasteiger partial charge in [-0.15, -0.1) is 0 Å². The van der Waals surface area contributed by atoms with Gasteiger partial charge in [0, 0.05) is 13.7 Å². The van der Waals surface area contributed by atoms with Crippen molar-refractivity contribution in [2.75, 3.05) is 20.3 Å². The van der Waals surface area contributed by atoms with Gasteiger partial charge in [0.1, 0.15) is 0 Å². The van der Waals surface area contributed by atoms with Gasteiger partial charge >= 0.3 is 0 Å². The lowest BCUT2D eigenvalue weighted by atomic mass is 10.1. The first-order valence-corrected chi connectivity index (χ1v) is 5.31. The normalized spacial score (nSPS) is 14.7. The molecule has 0 bridgehead atoms. The molecule has 15 heavy (non-hydrogen) atoms. The fourth-order valence-electron chi connectivity index (χ4n) is 1.30. The Morgan fingerprint density at radius 2 is 2.20 bits per heavy atom. The molecule has 90 valence electrons. The minimum Gasteiger partial charge on any atom is -0.396 e. The Morgan fingerprint density at radius 3 is 2.67 bits per heavy atom. The maximum Gasteiger partial charge on any atom is 0.237 e. The van der Waals surface area contributed by atoms with E-state index in [1.165, 1.54) is 0 Å². The van der Waals surface area contributed by atoms with E-state index in [4.69, 9.17) is 15.6 Å². The van der Waals surface area contributed by atoms with Crippen LogP contribution < -0.4 is 11.1 Å². The molecule has 2 atom stereocenters. The van der Waals surface area contributed by atoms with E-state index in [1.54, 1.807) is 7.11 Å². The average Bonchev–Trinajstić information content (AvgIpc) is 2.18. The minimum absolute atomic E-state index is 0.0251. The molecule has 0 saturated heterocycles. The van der Waals surface area contributed by atoms with Crippen molar-refractivity contribution < 1.29 is 14.6 Å². The fraction of sp³-hybridized carbons (Fsp3) is 0.900. The first kappa shape index (κ1) is 14.3. The lowest BCUT2D eigenvalue weighted by Gasteiger charge is -2.19. The summed E-state index contributed by atoms with van der Waals surface area (Å²) >= 11 is 0. The monoisotopic (exact) mass is 218 g/mol. The SMILES string of the molecule is CCC[C@@H](N)C(=O)NC(CCO)COC. The van der Waals surface area contributed by atoms with Crippen LogP contribution in [0.25, 0.3) is 0 Å². The number of methoxy groups -OCH3 is 1. The number of carbonyl (C=O) groups is 1. The van der Waals surface area contributed by atoms with E-state index in [-0.39, 0.29) is 18.6 Å². The highest BCUT2D eigenvalue weighted by molar-refractivity contribution is 5.81. The van der Waals surface area contributed by atoms with Crippen LogP contribution in [0.3, 0.4) is 0 Å². The van der Waals surface area contributed by atoms with Gasteiger partial charge in [-0.3, -0.25) is 4.79 Å². The Hall–Kier alpha value is -0.650. The van der Waals surface area contributed by atoms with Crippen LogP contribution in [0.4, 0.5) is 0 Å². The van der Waals surface area contributed by atoms with Crippen molar-refractivity contribution in [3.63, 3.8) is 0 Å². The van der Waals surface area contributed by atoms with E-state index in [9.17, 15) is 4.79 Å². The molecule has 0 fully saturated rings. The standard InChI is InChI=1S/C10H22N2O3/c1-3-4-9(11)10(14)12-8(5-6-13)7-15-2/h8-9,13H,3-7,11H2,1-2H3,(H,12,14)/t8?,9-/m1/s1. The molecular formula is C10H22N2O3. The quantitative estimate of drug-likeness (QED) is 0.519. The third kappa shape index (κ3) is 6.43. The highest BCUT2D eigenvalue weighted by Gasteiger charge is 2.16. The second kappa shape index (κ2) is 8.64. The first-order valence-electron chi connectivity index (χ1n) is 5.31. The molecule has 5 heteroatoms. The second-order valence-electron chi connectivity index (χ2n) is 3.57. The predicted molar refractivity (Wildman–Crippen MR) is 58.4 cm³/mol. The molecule has 0 radical (unpaired) electrons. The Labute approximate surface area is 91.0 Å². The minimum atomic E-state index is -0.465. The van der Waals surface area contributed by atoms with E-state index in [2.05, 4.69) is 5.32 Å². The number of nitrogens with two attached hydrogens (primary N) is 1. The van der Waals surface area contributed by atoms with Crippen LogP contribution in [0.5, 0.6) is 0 Å². The van der Waals surface area contributed by atoms with Crippen LogP contribution in [0, 0.1) is 0 Å². The molecule has 4 N–H and O–H groups in total. The van der Waals surface area contributed by atoms with Gasteiger partial charge in [0.05, 0.1) is 18.7 Å². The highest BCUT2D eigenvalue weighted by Crippen LogP contribution is 1.97. The molecule has 0 aliphatic rings. The summed E-state index contributed by atoms with van der Waals surface area (Å²) in [4.78, 5) is 11.5. The number of nitrogens with one attached hydrogen (secondary N) is 1. The summed E-state index contributed by atoms with van der Waals surface area (Å²) in [6, 6.07) is -0.622. The van der Waals surface area contributed by atoms with Crippen molar-refractivity contribution in [3.8, 4) is 0 Å². The molecule has 0 spiro atoms. The van der Waals surface area contributed by atoms with Crippen molar-refractivity contribution in [1.29, 1.82) is 0 Å².